The number of amides is 1. The van der Waals surface area contributed by atoms with Crippen molar-refractivity contribution in [2.45, 2.75) is 38.6 Å². The molecule has 3 aromatic rings. The molecule has 5 nitrogen and oxygen atoms in total. The largest absolute Gasteiger partial charge is 0.346 e. The lowest BCUT2D eigenvalue weighted by molar-refractivity contribution is 0.0939. The molecule has 1 atom stereocenters. The van der Waals surface area contributed by atoms with Crippen LogP contribution in [-0.2, 0) is 10.0 Å². The molecule has 3 aromatic carbocycles. The van der Waals surface area contributed by atoms with E-state index in [-0.39, 0.29) is 27.4 Å². The third-order valence-corrected chi connectivity index (χ3v) is 7.07. The van der Waals surface area contributed by atoms with Crippen LogP contribution in [-0.4, -0.2) is 14.3 Å². The predicted octanol–water partition coefficient (Wildman–Crippen LogP) is 5.56. The van der Waals surface area contributed by atoms with Crippen molar-refractivity contribution in [3.05, 3.63) is 93.5 Å². The molecule has 0 fully saturated rings. The van der Waals surface area contributed by atoms with E-state index in [0.717, 1.165) is 16.7 Å². The summed E-state index contributed by atoms with van der Waals surface area (Å²) in [5.41, 5.74) is 5.07. The summed E-state index contributed by atoms with van der Waals surface area (Å²) in [5.74, 6) is -0.377. The normalized spacial score (nSPS) is 12.3. The first-order valence-corrected chi connectivity index (χ1v) is 11.7. The average Bonchev–Trinajstić information content (AvgIpc) is 2.71. The third-order valence-electron chi connectivity index (χ3n) is 5.21. The Balaban J connectivity index is 1.85. The van der Waals surface area contributed by atoms with Gasteiger partial charge in [-0.1, -0.05) is 41.9 Å². The molecule has 0 aromatic heterocycles. The quantitative estimate of drug-likeness (QED) is 0.510. The van der Waals surface area contributed by atoms with Gasteiger partial charge in [-0.05, 0) is 80.3 Å². The Hall–Kier alpha value is -2.83. The van der Waals surface area contributed by atoms with E-state index in [1.807, 2.05) is 20.8 Å². The number of hydrogen-bond donors (Lipinski definition) is 2. The molecule has 0 heterocycles. The molecule has 0 aliphatic heterocycles. The van der Waals surface area contributed by atoms with Gasteiger partial charge in [0.05, 0.1) is 11.1 Å². The van der Waals surface area contributed by atoms with Crippen LogP contribution in [0.25, 0.3) is 0 Å². The number of sulfonamides is 1. The predicted molar refractivity (Wildman–Crippen MR) is 125 cm³/mol. The number of carbonyl (C=O) groups excluding carboxylic acids is 1. The fourth-order valence-corrected chi connectivity index (χ4v) is 4.96. The standard InChI is InChI=1S/C24H25ClN2O3S/c1-15-12-17(3)21(13-16(15)2)18(4)26-24(28)19-10-11-22(25)23(14-19)31(29,30)27-20-8-6-5-7-9-20/h5-14,18,27H,1-4H3,(H,26,28)/t18-/m0/s1. The summed E-state index contributed by atoms with van der Waals surface area (Å²) in [6, 6.07) is 16.6. The zero-order valence-corrected chi connectivity index (χ0v) is 19.4. The van der Waals surface area contributed by atoms with Gasteiger partial charge < -0.3 is 5.32 Å². The summed E-state index contributed by atoms with van der Waals surface area (Å²) in [6.45, 7) is 7.99. The Kier molecular flexibility index (Phi) is 6.72. The Bertz CT molecular complexity index is 1230. The number of rotatable bonds is 6. The van der Waals surface area contributed by atoms with Gasteiger partial charge in [-0.2, -0.15) is 0 Å². The van der Waals surface area contributed by atoms with Crippen LogP contribution >= 0.6 is 11.6 Å². The second-order valence-electron chi connectivity index (χ2n) is 7.60. The van der Waals surface area contributed by atoms with Crippen LogP contribution in [0.1, 0.15) is 45.6 Å². The van der Waals surface area contributed by atoms with Gasteiger partial charge in [-0.25, -0.2) is 8.42 Å². The number of carbonyl (C=O) groups is 1. The zero-order chi connectivity index (χ0) is 22.8. The van der Waals surface area contributed by atoms with Gasteiger partial charge in [0, 0.05) is 11.3 Å². The number of halogens is 1. The monoisotopic (exact) mass is 456 g/mol. The molecule has 1 amide bonds. The van der Waals surface area contributed by atoms with Crippen LogP contribution in [0.5, 0.6) is 0 Å². The molecular formula is C24H25ClN2O3S. The lowest BCUT2D eigenvalue weighted by Gasteiger charge is -2.19. The van der Waals surface area contributed by atoms with Crippen LogP contribution in [0.4, 0.5) is 5.69 Å². The molecule has 0 aliphatic rings. The maximum Gasteiger partial charge on any atom is 0.263 e. The van der Waals surface area contributed by atoms with Gasteiger partial charge in [0.25, 0.3) is 15.9 Å². The van der Waals surface area contributed by atoms with E-state index in [9.17, 15) is 13.2 Å². The lowest BCUT2D eigenvalue weighted by atomic mass is 9.96. The van der Waals surface area contributed by atoms with Gasteiger partial charge >= 0.3 is 0 Å². The molecular weight excluding hydrogens is 432 g/mol. The molecule has 0 saturated heterocycles. The second kappa shape index (κ2) is 9.12. The van der Waals surface area contributed by atoms with Crippen molar-refractivity contribution >= 4 is 33.2 Å². The van der Waals surface area contributed by atoms with Gasteiger partial charge in [0.1, 0.15) is 4.90 Å². The molecule has 0 bridgehead atoms. The van der Waals surface area contributed by atoms with Crippen LogP contribution in [0, 0.1) is 20.8 Å². The van der Waals surface area contributed by atoms with Crippen molar-refractivity contribution in [3.63, 3.8) is 0 Å². The maximum atomic E-state index is 12.9. The first-order valence-electron chi connectivity index (χ1n) is 9.84. The van der Waals surface area contributed by atoms with E-state index in [2.05, 4.69) is 29.1 Å². The first kappa shape index (κ1) is 22.8. The van der Waals surface area contributed by atoms with Gasteiger partial charge in [-0.15, -0.1) is 0 Å². The molecule has 3 rings (SSSR count). The van der Waals surface area contributed by atoms with Crippen molar-refractivity contribution in [1.29, 1.82) is 0 Å². The number of para-hydroxylation sites is 1. The number of nitrogens with one attached hydrogen (secondary N) is 2. The van der Waals surface area contributed by atoms with E-state index in [0.29, 0.717) is 5.69 Å². The lowest BCUT2D eigenvalue weighted by Crippen LogP contribution is -2.27. The van der Waals surface area contributed by atoms with Crippen LogP contribution in [0.2, 0.25) is 5.02 Å². The molecule has 31 heavy (non-hydrogen) atoms. The van der Waals surface area contributed by atoms with Crippen molar-refractivity contribution in [2.75, 3.05) is 4.72 Å². The average molecular weight is 457 g/mol. The highest BCUT2D eigenvalue weighted by Gasteiger charge is 2.21. The molecule has 162 valence electrons. The van der Waals surface area contributed by atoms with Crippen LogP contribution in [0.15, 0.2) is 65.6 Å². The Labute approximate surface area is 188 Å². The minimum absolute atomic E-state index is 0.0398. The number of aryl methyl sites for hydroxylation is 3. The van der Waals surface area contributed by atoms with E-state index in [1.165, 1.54) is 23.8 Å². The fourth-order valence-electron chi connectivity index (χ4n) is 3.37. The highest BCUT2D eigenvalue weighted by atomic mass is 35.5. The van der Waals surface area contributed by atoms with Gasteiger partial charge in [0.15, 0.2) is 0 Å². The van der Waals surface area contributed by atoms with E-state index in [4.69, 9.17) is 11.6 Å². The highest BCUT2D eigenvalue weighted by Crippen LogP contribution is 2.26. The van der Waals surface area contributed by atoms with E-state index < -0.39 is 10.0 Å². The summed E-state index contributed by atoms with van der Waals surface area (Å²) in [5, 5.41) is 2.99. The number of benzene rings is 3. The molecule has 0 saturated carbocycles. The van der Waals surface area contributed by atoms with Crippen molar-refractivity contribution in [1.82, 2.24) is 5.32 Å². The summed E-state index contributed by atoms with van der Waals surface area (Å²) in [6.07, 6.45) is 0. The Morgan fingerprint density at radius 1 is 0.903 bits per heavy atom. The van der Waals surface area contributed by atoms with Gasteiger partial charge in [-0.3, -0.25) is 9.52 Å². The molecule has 0 aliphatic carbocycles. The Morgan fingerprint density at radius 2 is 1.55 bits per heavy atom. The minimum atomic E-state index is -3.96. The first-order chi connectivity index (χ1) is 14.6. The van der Waals surface area contributed by atoms with Crippen molar-refractivity contribution in [3.8, 4) is 0 Å². The molecule has 0 spiro atoms. The summed E-state index contributed by atoms with van der Waals surface area (Å²) < 4.78 is 28.1. The maximum absolute atomic E-state index is 12.9. The highest BCUT2D eigenvalue weighted by molar-refractivity contribution is 7.92. The third kappa shape index (κ3) is 5.27. The van der Waals surface area contributed by atoms with E-state index >= 15 is 0 Å². The summed E-state index contributed by atoms with van der Waals surface area (Å²) in [7, 11) is -3.96. The van der Waals surface area contributed by atoms with Crippen LogP contribution < -0.4 is 10.0 Å². The van der Waals surface area contributed by atoms with E-state index in [1.54, 1.807) is 30.3 Å². The molecule has 7 heteroatoms. The number of anilines is 1. The second-order valence-corrected chi connectivity index (χ2v) is 9.66. The smallest absolute Gasteiger partial charge is 0.263 e. The Morgan fingerprint density at radius 3 is 2.23 bits per heavy atom. The zero-order valence-electron chi connectivity index (χ0n) is 17.9. The molecule has 0 radical (unpaired) electrons. The molecule has 2 N–H and O–H groups in total. The summed E-state index contributed by atoms with van der Waals surface area (Å²) in [4.78, 5) is 12.7. The SMILES string of the molecule is Cc1cc(C)c([C@H](C)NC(=O)c2ccc(Cl)c(S(=O)(=O)Nc3ccccc3)c2)cc1C. The van der Waals surface area contributed by atoms with Crippen molar-refractivity contribution in [2.24, 2.45) is 0 Å². The fraction of sp³-hybridized carbons (Fsp3) is 0.208. The van der Waals surface area contributed by atoms with Gasteiger partial charge in [0.2, 0.25) is 0 Å². The summed E-state index contributed by atoms with van der Waals surface area (Å²) >= 11 is 6.16. The topological polar surface area (TPSA) is 75.3 Å². The minimum Gasteiger partial charge on any atom is -0.346 e. The van der Waals surface area contributed by atoms with Crippen molar-refractivity contribution < 1.29 is 13.2 Å². The van der Waals surface area contributed by atoms with Crippen LogP contribution in [0.3, 0.4) is 0 Å². The molecule has 0 unspecified atom stereocenters. The number of hydrogen-bond acceptors (Lipinski definition) is 3.